The number of benzene rings is 1. The van der Waals surface area contributed by atoms with Crippen molar-refractivity contribution in [2.24, 2.45) is 0 Å². The van der Waals surface area contributed by atoms with Gasteiger partial charge in [-0.25, -0.2) is 4.79 Å². The van der Waals surface area contributed by atoms with E-state index in [-0.39, 0.29) is 17.9 Å². The topological polar surface area (TPSA) is 78.9 Å². The van der Waals surface area contributed by atoms with Crippen LogP contribution in [0.15, 0.2) is 18.2 Å². The number of ether oxygens (including phenoxy) is 2. The summed E-state index contributed by atoms with van der Waals surface area (Å²) in [5, 5.41) is 0. The Morgan fingerprint density at radius 2 is 1.78 bits per heavy atom. The van der Waals surface area contributed by atoms with Crippen molar-refractivity contribution in [1.82, 2.24) is 0 Å². The highest BCUT2D eigenvalue weighted by Gasteiger charge is 2.15. The van der Waals surface area contributed by atoms with Crippen molar-refractivity contribution < 1.29 is 28.2 Å². The lowest BCUT2D eigenvalue weighted by Gasteiger charge is -2.10. The van der Waals surface area contributed by atoms with Gasteiger partial charge in [-0.3, -0.25) is 9.36 Å². The molecule has 1 rings (SSSR count). The third-order valence-corrected chi connectivity index (χ3v) is 3.59. The molecule has 0 aromatic heterocycles. The molecule has 0 aliphatic carbocycles. The van der Waals surface area contributed by atoms with Crippen molar-refractivity contribution in [3.63, 3.8) is 0 Å². The molecule has 0 atom stereocenters. The number of carbonyl (C=O) groups is 2. The molecule has 23 heavy (non-hydrogen) atoms. The molecule has 0 heterocycles. The van der Waals surface area contributed by atoms with E-state index in [0.717, 1.165) is 5.56 Å². The van der Waals surface area contributed by atoms with Crippen molar-refractivity contribution in [1.29, 1.82) is 0 Å². The SMILES string of the molecule is CC(=O)Oc1cc(C)ccc1C(=O)OCCCCOP(C)(C)=O. The fourth-order valence-corrected chi connectivity index (χ4v) is 2.34. The Kier molecular flexibility index (Phi) is 7.46. The number of hydrogen-bond acceptors (Lipinski definition) is 6. The van der Waals surface area contributed by atoms with Gasteiger partial charge in [-0.15, -0.1) is 0 Å². The van der Waals surface area contributed by atoms with Crippen LogP contribution >= 0.6 is 7.37 Å². The van der Waals surface area contributed by atoms with Crippen LogP contribution in [-0.4, -0.2) is 38.5 Å². The first kappa shape index (κ1) is 19.4. The minimum Gasteiger partial charge on any atom is -0.462 e. The zero-order chi connectivity index (χ0) is 17.5. The molecule has 0 spiro atoms. The second-order valence-electron chi connectivity index (χ2n) is 5.52. The molecule has 0 bridgehead atoms. The molecule has 0 unspecified atom stereocenters. The smallest absolute Gasteiger partial charge is 0.341 e. The van der Waals surface area contributed by atoms with Crippen molar-refractivity contribution >= 4 is 19.3 Å². The molecule has 128 valence electrons. The second kappa shape index (κ2) is 8.85. The van der Waals surface area contributed by atoms with Crippen LogP contribution in [0.4, 0.5) is 0 Å². The lowest BCUT2D eigenvalue weighted by molar-refractivity contribution is -0.131. The Balaban J connectivity index is 2.49. The summed E-state index contributed by atoms with van der Waals surface area (Å²) in [4.78, 5) is 23.2. The van der Waals surface area contributed by atoms with Crippen molar-refractivity contribution in [2.45, 2.75) is 26.7 Å². The first-order valence-electron chi connectivity index (χ1n) is 7.35. The molecule has 0 radical (unpaired) electrons. The van der Waals surface area contributed by atoms with Crippen LogP contribution in [0.1, 0.15) is 35.7 Å². The fourth-order valence-electron chi connectivity index (χ4n) is 1.77. The molecule has 0 saturated carbocycles. The van der Waals surface area contributed by atoms with Gasteiger partial charge in [-0.1, -0.05) is 6.07 Å². The van der Waals surface area contributed by atoms with Gasteiger partial charge in [0, 0.05) is 20.3 Å². The van der Waals surface area contributed by atoms with Gasteiger partial charge in [0.05, 0.1) is 13.2 Å². The second-order valence-corrected chi connectivity index (χ2v) is 8.28. The summed E-state index contributed by atoms with van der Waals surface area (Å²) in [6.07, 6.45) is 1.24. The molecule has 1 aromatic carbocycles. The molecular formula is C16H23O6P. The average molecular weight is 342 g/mol. The first-order valence-corrected chi connectivity index (χ1v) is 9.86. The van der Waals surface area contributed by atoms with Gasteiger partial charge in [0.25, 0.3) is 0 Å². The summed E-state index contributed by atoms with van der Waals surface area (Å²) in [5.74, 6) is -0.840. The maximum absolute atomic E-state index is 12.1. The number of hydrogen-bond donors (Lipinski definition) is 0. The average Bonchev–Trinajstić information content (AvgIpc) is 2.40. The van der Waals surface area contributed by atoms with Gasteiger partial charge >= 0.3 is 11.9 Å². The molecule has 7 heteroatoms. The summed E-state index contributed by atoms with van der Waals surface area (Å²) in [6, 6.07) is 4.94. The van der Waals surface area contributed by atoms with Crippen molar-refractivity contribution in [3.8, 4) is 5.75 Å². The van der Waals surface area contributed by atoms with E-state index in [1.165, 1.54) is 6.92 Å². The zero-order valence-electron chi connectivity index (χ0n) is 14.0. The molecule has 0 amide bonds. The van der Waals surface area contributed by atoms with Gasteiger partial charge in [0.2, 0.25) is 0 Å². The minimum absolute atomic E-state index is 0.198. The van der Waals surface area contributed by atoms with Gasteiger partial charge in [-0.05, 0) is 37.5 Å². The standard InChI is InChI=1S/C16H23O6P/c1-12-7-8-14(15(11-12)22-13(2)17)16(18)20-9-5-6-10-21-23(3,4)19/h7-8,11H,5-6,9-10H2,1-4H3. The third kappa shape index (κ3) is 7.95. The van der Waals surface area contributed by atoms with Crippen LogP contribution in [-0.2, 0) is 18.6 Å². The lowest BCUT2D eigenvalue weighted by atomic mass is 10.1. The number of esters is 2. The van der Waals surface area contributed by atoms with Gasteiger partial charge < -0.3 is 14.0 Å². The van der Waals surface area contributed by atoms with E-state index in [4.69, 9.17) is 14.0 Å². The number of unbranched alkanes of at least 4 members (excludes halogenated alkanes) is 1. The van der Waals surface area contributed by atoms with E-state index in [1.807, 2.05) is 6.92 Å². The Morgan fingerprint density at radius 3 is 2.39 bits per heavy atom. The highest BCUT2D eigenvalue weighted by atomic mass is 31.2. The molecule has 0 aliphatic heterocycles. The minimum atomic E-state index is -2.46. The number of carbonyl (C=O) groups excluding carboxylic acids is 2. The largest absolute Gasteiger partial charge is 0.462 e. The third-order valence-electron chi connectivity index (χ3n) is 2.78. The number of aryl methyl sites for hydroxylation is 1. The van der Waals surface area contributed by atoms with Crippen LogP contribution in [0.5, 0.6) is 5.75 Å². The van der Waals surface area contributed by atoms with E-state index >= 15 is 0 Å². The summed E-state index contributed by atoms with van der Waals surface area (Å²) in [6.45, 7) is 6.81. The molecule has 1 aromatic rings. The summed E-state index contributed by atoms with van der Waals surface area (Å²) < 4.78 is 26.7. The Labute approximate surface area is 136 Å². The van der Waals surface area contributed by atoms with E-state index < -0.39 is 19.3 Å². The quantitative estimate of drug-likeness (QED) is 0.312. The fraction of sp³-hybridized carbons (Fsp3) is 0.500. The van der Waals surface area contributed by atoms with E-state index in [1.54, 1.807) is 31.5 Å². The van der Waals surface area contributed by atoms with Crippen molar-refractivity contribution in [3.05, 3.63) is 29.3 Å². The highest BCUT2D eigenvalue weighted by Crippen LogP contribution is 2.37. The molecule has 0 saturated heterocycles. The molecule has 0 aliphatic rings. The Bertz CT molecular complexity index is 605. The van der Waals surface area contributed by atoms with Gasteiger partial charge in [-0.2, -0.15) is 0 Å². The van der Waals surface area contributed by atoms with Crippen LogP contribution in [0.25, 0.3) is 0 Å². The zero-order valence-corrected chi connectivity index (χ0v) is 14.9. The molecule has 0 N–H and O–H groups in total. The lowest BCUT2D eigenvalue weighted by Crippen LogP contribution is -2.11. The molecule has 0 fully saturated rings. The Hall–Kier alpha value is -1.65. The predicted octanol–water partition coefficient (Wildman–Crippen LogP) is 3.41. The van der Waals surface area contributed by atoms with Gasteiger partial charge in [0.1, 0.15) is 11.3 Å². The Morgan fingerprint density at radius 1 is 1.13 bits per heavy atom. The van der Waals surface area contributed by atoms with Crippen LogP contribution in [0.3, 0.4) is 0 Å². The van der Waals surface area contributed by atoms with E-state index in [2.05, 4.69) is 0 Å². The first-order chi connectivity index (χ1) is 10.7. The van der Waals surface area contributed by atoms with Crippen LogP contribution < -0.4 is 4.74 Å². The highest BCUT2D eigenvalue weighted by molar-refractivity contribution is 7.57. The molecular weight excluding hydrogens is 319 g/mol. The molecule has 6 nitrogen and oxygen atoms in total. The van der Waals surface area contributed by atoms with Crippen LogP contribution in [0.2, 0.25) is 0 Å². The van der Waals surface area contributed by atoms with Crippen molar-refractivity contribution in [2.75, 3.05) is 26.5 Å². The van der Waals surface area contributed by atoms with Gasteiger partial charge in [0.15, 0.2) is 7.37 Å². The monoisotopic (exact) mass is 342 g/mol. The maximum Gasteiger partial charge on any atom is 0.341 e. The normalized spacial score (nSPS) is 11.1. The summed E-state index contributed by atoms with van der Waals surface area (Å²) in [5.41, 5.74) is 1.09. The predicted molar refractivity (Wildman–Crippen MR) is 87.4 cm³/mol. The van der Waals surface area contributed by atoms with E-state index in [0.29, 0.717) is 19.4 Å². The van der Waals surface area contributed by atoms with Crippen LogP contribution in [0, 0.1) is 6.92 Å². The summed E-state index contributed by atoms with van der Waals surface area (Å²) in [7, 11) is -2.46. The maximum atomic E-state index is 12.1. The van der Waals surface area contributed by atoms with E-state index in [9.17, 15) is 14.2 Å². The number of rotatable bonds is 8. The summed E-state index contributed by atoms with van der Waals surface area (Å²) >= 11 is 0.